The molecule has 0 radical (unpaired) electrons. The second-order valence-electron chi connectivity index (χ2n) is 7.02. The first-order valence-electron chi connectivity index (χ1n) is 8.26. The van der Waals surface area contributed by atoms with Crippen LogP contribution in [0.25, 0.3) is 0 Å². The first-order chi connectivity index (χ1) is 11.4. The van der Waals surface area contributed by atoms with Gasteiger partial charge in [-0.05, 0) is 19.3 Å². The third-order valence-electron chi connectivity index (χ3n) is 4.42. The molecular formula is C16H24N6O2. The molecule has 130 valence electrons. The number of carbonyl (C=O) groups excluding carboxylic acids is 1. The van der Waals surface area contributed by atoms with E-state index in [1.807, 2.05) is 11.6 Å². The number of hydrogen-bond donors (Lipinski definition) is 1. The summed E-state index contributed by atoms with van der Waals surface area (Å²) in [5, 5.41) is 22.7. The number of hydrogen-bond acceptors (Lipinski definition) is 5. The Bertz CT molecular complexity index is 708. The van der Waals surface area contributed by atoms with Crippen LogP contribution in [0.15, 0.2) is 18.6 Å². The third kappa shape index (κ3) is 3.33. The molecule has 2 aromatic heterocycles. The van der Waals surface area contributed by atoms with Crippen LogP contribution in [0.3, 0.4) is 0 Å². The van der Waals surface area contributed by atoms with Crippen molar-refractivity contribution in [2.45, 2.75) is 45.9 Å². The number of β-amino-alcohol motifs (C(OH)–C–C–N with tert-alkyl or cyclic N) is 1. The summed E-state index contributed by atoms with van der Waals surface area (Å²) in [6, 6.07) is 0. The Balaban J connectivity index is 1.69. The summed E-state index contributed by atoms with van der Waals surface area (Å²) in [6.07, 6.45) is 5.45. The van der Waals surface area contributed by atoms with Gasteiger partial charge in [-0.1, -0.05) is 19.1 Å². The average Bonchev–Trinajstić information content (AvgIpc) is 3.22. The highest BCUT2D eigenvalue weighted by molar-refractivity contribution is 5.95. The summed E-state index contributed by atoms with van der Waals surface area (Å²) in [7, 11) is 0. The summed E-state index contributed by atoms with van der Waals surface area (Å²) in [6.45, 7) is 8.10. The first-order valence-corrected chi connectivity index (χ1v) is 8.26. The van der Waals surface area contributed by atoms with Crippen LogP contribution in [0, 0.1) is 12.8 Å². The molecule has 1 unspecified atom stereocenters. The fourth-order valence-electron chi connectivity index (χ4n) is 3.13. The molecule has 3 rings (SSSR count). The van der Waals surface area contributed by atoms with E-state index < -0.39 is 5.60 Å². The second kappa shape index (κ2) is 6.35. The second-order valence-corrected chi connectivity index (χ2v) is 7.02. The lowest BCUT2D eigenvalue weighted by atomic mass is 10.0. The summed E-state index contributed by atoms with van der Waals surface area (Å²) in [5.74, 6) is 0.392. The van der Waals surface area contributed by atoms with Crippen LogP contribution in [-0.2, 0) is 13.1 Å². The summed E-state index contributed by atoms with van der Waals surface area (Å²) in [5.41, 5.74) is 0.520. The quantitative estimate of drug-likeness (QED) is 0.871. The van der Waals surface area contributed by atoms with Crippen molar-refractivity contribution < 1.29 is 9.90 Å². The van der Waals surface area contributed by atoms with E-state index in [0.29, 0.717) is 37.5 Å². The molecule has 24 heavy (non-hydrogen) atoms. The van der Waals surface area contributed by atoms with Crippen molar-refractivity contribution >= 4 is 5.91 Å². The summed E-state index contributed by atoms with van der Waals surface area (Å²) >= 11 is 0. The predicted octanol–water partition coefficient (Wildman–Crippen LogP) is 0.716. The van der Waals surface area contributed by atoms with E-state index in [4.69, 9.17) is 0 Å². The Labute approximate surface area is 141 Å². The van der Waals surface area contributed by atoms with Crippen molar-refractivity contribution in [1.82, 2.24) is 29.7 Å². The standard InChI is InChI=1S/C16H24N6O2/c1-12(2)9-22-13(3)14(8-18-22)15(23)20-6-4-16(24,10-20)11-21-7-5-17-19-21/h5,7-8,12,24H,4,6,9-11H2,1-3H3. The van der Waals surface area contributed by atoms with Gasteiger partial charge in [0.25, 0.3) is 5.91 Å². The molecular weight excluding hydrogens is 308 g/mol. The van der Waals surface area contributed by atoms with E-state index >= 15 is 0 Å². The normalized spacial score (nSPS) is 21.0. The SMILES string of the molecule is Cc1c(C(=O)N2CCC(O)(Cn3ccnn3)C2)cnn1CC(C)C. The van der Waals surface area contributed by atoms with Crippen LogP contribution in [0.5, 0.6) is 0 Å². The maximum absolute atomic E-state index is 12.8. The van der Waals surface area contributed by atoms with Gasteiger partial charge in [0.05, 0.1) is 31.0 Å². The molecule has 1 aliphatic rings. The van der Waals surface area contributed by atoms with Gasteiger partial charge in [-0.15, -0.1) is 5.10 Å². The number of aromatic nitrogens is 5. The number of rotatable bonds is 5. The van der Waals surface area contributed by atoms with Crippen molar-refractivity contribution in [3.05, 3.63) is 29.8 Å². The lowest BCUT2D eigenvalue weighted by Gasteiger charge is -2.23. The van der Waals surface area contributed by atoms with Gasteiger partial charge in [-0.3, -0.25) is 9.48 Å². The van der Waals surface area contributed by atoms with Crippen molar-refractivity contribution in [2.24, 2.45) is 5.92 Å². The van der Waals surface area contributed by atoms with Gasteiger partial charge in [0.2, 0.25) is 0 Å². The van der Waals surface area contributed by atoms with Gasteiger partial charge >= 0.3 is 0 Å². The third-order valence-corrected chi connectivity index (χ3v) is 4.42. The minimum atomic E-state index is -0.967. The smallest absolute Gasteiger partial charge is 0.257 e. The van der Waals surface area contributed by atoms with Crippen LogP contribution >= 0.6 is 0 Å². The van der Waals surface area contributed by atoms with Crippen molar-refractivity contribution in [3.8, 4) is 0 Å². The van der Waals surface area contributed by atoms with Crippen LogP contribution in [0.4, 0.5) is 0 Å². The molecule has 1 fully saturated rings. The molecule has 1 N–H and O–H groups in total. The molecule has 0 saturated carbocycles. The monoisotopic (exact) mass is 332 g/mol. The molecule has 0 bridgehead atoms. The number of carbonyl (C=O) groups is 1. The van der Waals surface area contributed by atoms with E-state index in [1.54, 1.807) is 28.2 Å². The zero-order chi connectivity index (χ0) is 17.3. The molecule has 0 aromatic carbocycles. The van der Waals surface area contributed by atoms with Crippen molar-refractivity contribution in [3.63, 3.8) is 0 Å². The fraction of sp³-hybridized carbons (Fsp3) is 0.625. The topological polar surface area (TPSA) is 89.1 Å². The Morgan fingerprint density at radius 1 is 1.46 bits per heavy atom. The minimum Gasteiger partial charge on any atom is -0.386 e. The van der Waals surface area contributed by atoms with Gasteiger partial charge in [-0.25, -0.2) is 4.68 Å². The van der Waals surface area contributed by atoms with E-state index in [9.17, 15) is 9.90 Å². The molecule has 1 aliphatic heterocycles. The fourth-order valence-corrected chi connectivity index (χ4v) is 3.13. The van der Waals surface area contributed by atoms with E-state index in [2.05, 4.69) is 29.3 Å². The number of likely N-dealkylation sites (tertiary alicyclic amines) is 1. The summed E-state index contributed by atoms with van der Waals surface area (Å²) < 4.78 is 3.47. The van der Waals surface area contributed by atoms with Gasteiger partial charge in [0.15, 0.2) is 0 Å². The lowest BCUT2D eigenvalue weighted by molar-refractivity contribution is 0.0266. The van der Waals surface area contributed by atoms with E-state index in [0.717, 1.165) is 12.2 Å². The van der Waals surface area contributed by atoms with Crippen LogP contribution in [0.2, 0.25) is 0 Å². The highest BCUT2D eigenvalue weighted by atomic mass is 16.3. The first kappa shape index (κ1) is 16.6. The minimum absolute atomic E-state index is 0.0722. The number of amides is 1. The largest absolute Gasteiger partial charge is 0.386 e. The molecule has 1 saturated heterocycles. The van der Waals surface area contributed by atoms with Crippen molar-refractivity contribution in [1.29, 1.82) is 0 Å². The average molecular weight is 332 g/mol. The highest BCUT2D eigenvalue weighted by Crippen LogP contribution is 2.25. The van der Waals surface area contributed by atoms with Gasteiger partial charge in [-0.2, -0.15) is 5.10 Å². The van der Waals surface area contributed by atoms with Crippen LogP contribution in [0.1, 0.15) is 36.3 Å². The lowest BCUT2D eigenvalue weighted by Crippen LogP contribution is -2.39. The predicted molar refractivity (Wildman–Crippen MR) is 87.3 cm³/mol. The molecule has 1 atom stereocenters. The Kier molecular flexibility index (Phi) is 4.40. The number of nitrogens with zero attached hydrogens (tertiary/aromatic N) is 6. The van der Waals surface area contributed by atoms with E-state index in [1.165, 1.54) is 0 Å². The van der Waals surface area contributed by atoms with Gasteiger partial charge in [0.1, 0.15) is 5.60 Å². The van der Waals surface area contributed by atoms with Crippen LogP contribution < -0.4 is 0 Å². The van der Waals surface area contributed by atoms with Gasteiger partial charge < -0.3 is 10.0 Å². The van der Waals surface area contributed by atoms with Gasteiger partial charge in [0, 0.05) is 25.0 Å². The number of aliphatic hydroxyl groups is 1. The van der Waals surface area contributed by atoms with E-state index in [-0.39, 0.29) is 5.91 Å². The zero-order valence-corrected chi connectivity index (χ0v) is 14.4. The maximum Gasteiger partial charge on any atom is 0.257 e. The maximum atomic E-state index is 12.8. The Morgan fingerprint density at radius 2 is 2.25 bits per heavy atom. The molecule has 8 nitrogen and oxygen atoms in total. The highest BCUT2D eigenvalue weighted by Gasteiger charge is 2.39. The molecule has 8 heteroatoms. The Hall–Kier alpha value is -2.22. The Morgan fingerprint density at radius 3 is 2.92 bits per heavy atom. The molecule has 1 amide bonds. The van der Waals surface area contributed by atoms with Crippen molar-refractivity contribution in [2.75, 3.05) is 13.1 Å². The molecule has 0 aliphatic carbocycles. The molecule has 2 aromatic rings. The van der Waals surface area contributed by atoms with Crippen LogP contribution in [-0.4, -0.2) is 59.4 Å². The molecule has 3 heterocycles. The zero-order valence-electron chi connectivity index (χ0n) is 14.4. The summed E-state index contributed by atoms with van der Waals surface area (Å²) in [4.78, 5) is 14.5. The molecule has 0 spiro atoms.